The summed E-state index contributed by atoms with van der Waals surface area (Å²) in [7, 11) is 1.39. The molecule has 0 saturated carbocycles. The Morgan fingerprint density at radius 2 is 2.25 bits per heavy atom. The number of benzene rings is 1. The van der Waals surface area contributed by atoms with E-state index in [1.54, 1.807) is 6.07 Å². The zero-order valence-corrected chi connectivity index (χ0v) is 11.5. The number of hydrogen-bond acceptors (Lipinski definition) is 2. The number of alkyl halides is 2. The van der Waals surface area contributed by atoms with E-state index in [4.69, 9.17) is 16.3 Å². The number of ether oxygens (including phenoxy) is 1. The van der Waals surface area contributed by atoms with Crippen LogP contribution < -0.4 is 0 Å². The van der Waals surface area contributed by atoms with Crippen LogP contribution in [0.15, 0.2) is 18.2 Å². The maximum absolute atomic E-state index is 11.6. The summed E-state index contributed by atoms with van der Waals surface area (Å²) < 4.78 is 4.76. The van der Waals surface area contributed by atoms with Crippen LogP contribution >= 0.6 is 27.5 Å². The summed E-state index contributed by atoms with van der Waals surface area (Å²) in [6.45, 7) is 0. The standard InChI is InChI=1S/C12H14BrClO2/c1-16-12(15)11-5-2-4-9(8-14)10(11)6-3-7-13/h2,4-5H,3,6-8H2,1H3. The van der Waals surface area contributed by atoms with Crippen LogP contribution in [0.4, 0.5) is 0 Å². The van der Waals surface area contributed by atoms with Gasteiger partial charge in [-0.25, -0.2) is 4.79 Å². The van der Waals surface area contributed by atoms with Gasteiger partial charge < -0.3 is 4.74 Å². The molecule has 0 unspecified atom stereocenters. The number of carbonyl (C=O) groups excluding carboxylic acids is 1. The Labute approximate surface area is 109 Å². The molecule has 0 bridgehead atoms. The predicted octanol–water partition coefficient (Wildman–Crippen LogP) is 3.54. The van der Waals surface area contributed by atoms with Crippen LogP contribution in [0.5, 0.6) is 0 Å². The highest BCUT2D eigenvalue weighted by molar-refractivity contribution is 9.09. The normalized spacial score (nSPS) is 10.2. The van der Waals surface area contributed by atoms with Crippen molar-refractivity contribution in [3.05, 3.63) is 34.9 Å². The molecule has 0 amide bonds. The van der Waals surface area contributed by atoms with Crippen molar-refractivity contribution in [3.63, 3.8) is 0 Å². The first-order valence-electron chi connectivity index (χ1n) is 5.05. The molecule has 0 aliphatic carbocycles. The fraction of sp³-hybridized carbons (Fsp3) is 0.417. The molecule has 0 saturated heterocycles. The highest BCUT2D eigenvalue weighted by Crippen LogP contribution is 2.20. The summed E-state index contributed by atoms with van der Waals surface area (Å²) in [4.78, 5) is 11.6. The number of carbonyl (C=O) groups is 1. The highest BCUT2D eigenvalue weighted by Gasteiger charge is 2.14. The van der Waals surface area contributed by atoms with Gasteiger partial charge in [-0.2, -0.15) is 0 Å². The molecule has 0 aliphatic rings. The average Bonchev–Trinajstić information content (AvgIpc) is 2.34. The maximum Gasteiger partial charge on any atom is 0.338 e. The minimum absolute atomic E-state index is 0.295. The van der Waals surface area contributed by atoms with Crippen LogP contribution in [-0.2, 0) is 17.0 Å². The van der Waals surface area contributed by atoms with E-state index in [1.165, 1.54) is 7.11 Å². The quantitative estimate of drug-likeness (QED) is 0.614. The molecule has 16 heavy (non-hydrogen) atoms. The van der Waals surface area contributed by atoms with Crippen LogP contribution in [0.25, 0.3) is 0 Å². The zero-order chi connectivity index (χ0) is 12.0. The minimum Gasteiger partial charge on any atom is -0.465 e. The molecule has 0 aromatic heterocycles. The Morgan fingerprint density at radius 3 is 2.81 bits per heavy atom. The fourth-order valence-electron chi connectivity index (χ4n) is 1.60. The topological polar surface area (TPSA) is 26.3 Å². The second-order valence-electron chi connectivity index (χ2n) is 3.36. The van der Waals surface area contributed by atoms with Gasteiger partial charge >= 0.3 is 5.97 Å². The lowest BCUT2D eigenvalue weighted by Crippen LogP contribution is -2.08. The molecular formula is C12H14BrClO2. The van der Waals surface area contributed by atoms with Gasteiger partial charge in [-0.15, -0.1) is 11.6 Å². The van der Waals surface area contributed by atoms with Gasteiger partial charge in [-0.1, -0.05) is 28.1 Å². The first-order valence-corrected chi connectivity index (χ1v) is 6.71. The summed E-state index contributed by atoms with van der Waals surface area (Å²) in [5.74, 6) is 0.124. The predicted molar refractivity (Wildman–Crippen MR) is 69.5 cm³/mol. The van der Waals surface area contributed by atoms with E-state index in [0.29, 0.717) is 11.4 Å². The van der Waals surface area contributed by atoms with Gasteiger partial charge in [0.2, 0.25) is 0 Å². The van der Waals surface area contributed by atoms with E-state index in [0.717, 1.165) is 29.3 Å². The largest absolute Gasteiger partial charge is 0.465 e. The van der Waals surface area contributed by atoms with Gasteiger partial charge in [-0.05, 0) is 30.0 Å². The third-order valence-electron chi connectivity index (χ3n) is 2.38. The van der Waals surface area contributed by atoms with Crippen molar-refractivity contribution < 1.29 is 9.53 Å². The monoisotopic (exact) mass is 304 g/mol. The van der Waals surface area contributed by atoms with Gasteiger partial charge in [0.15, 0.2) is 0 Å². The average molecular weight is 306 g/mol. The first-order chi connectivity index (χ1) is 7.74. The molecular weight excluding hydrogens is 291 g/mol. The maximum atomic E-state index is 11.6. The van der Waals surface area contributed by atoms with Gasteiger partial charge in [0.05, 0.1) is 12.7 Å². The van der Waals surface area contributed by atoms with Crippen molar-refractivity contribution in [1.82, 2.24) is 0 Å². The molecule has 2 nitrogen and oxygen atoms in total. The Bertz CT molecular complexity index is 366. The lowest BCUT2D eigenvalue weighted by molar-refractivity contribution is 0.0599. The molecule has 0 spiro atoms. The summed E-state index contributed by atoms with van der Waals surface area (Å²) >= 11 is 9.25. The zero-order valence-electron chi connectivity index (χ0n) is 9.13. The molecule has 0 heterocycles. The van der Waals surface area contributed by atoms with Crippen molar-refractivity contribution in [2.24, 2.45) is 0 Å². The fourth-order valence-corrected chi connectivity index (χ4v) is 2.13. The summed E-state index contributed by atoms with van der Waals surface area (Å²) in [6.07, 6.45) is 1.80. The molecule has 1 aromatic carbocycles. The summed E-state index contributed by atoms with van der Waals surface area (Å²) in [5, 5.41) is 0.907. The number of rotatable bonds is 5. The molecule has 1 rings (SSSR count). The minimum atomic E-state index is -0.295. The molecule has 4 heteroatoms. The van der Waals surface area contributed by atoms with E-state index >= 15 is 0 Å². The number of halogens is 2. The molecule has 0 fully saturated rings. The van der Waals surface area contributed by atoms with Crippen molar-refractivity contribution in [2.45, 2.75) is 18.7 Å². The van der Waals surface area contributed by atoms with Crippen molar-refractivity contribution in [3.8, 4) is 0 Å². The third kappa shape index (κ3) is 3.22. The van der Waals surface area contributed by atoms with Crippen molar-refractivity contribution in [2.75, 3.05) is 12.4 Å². The second-order valence-corrected chi connectivity index (χ2v) is 4.42. The first kappa shape index (κ1) is 13.5. The van der Waals surface area contributed by atoms with Crippen molar-refractivity contribution in [1.29, 1.82) is 0 Å². The molecule has 0 aliphatic heterocycles. The van der Waals surface area contributed by atoms with Crippen LogP contribution in [0.1, 0.15) is 27.9 Å². The van der Waals surface area contributed by atoms with Crippen molar-refractivity contribution >= 4 is 33.5 Å². The Kier molecular flexibility index (Phi) is 5.85. The van der Waals surface area contributed by atoms with Crippen LogP contribution in [0, 0.1) is 0 Å². The van der Waals surface area contributed by atoms with Gasteiger partial charge in [0, 0.05) is 11.2 Å². The van der Waals surface area contributed by atoms with E-state index in [1.807, 2.05) is 12.1 Å². The van der Waals surface area contributed by atoms with Crippen LogP contribution in [-0.4, -0.2) is 18.4 Å². The van der Waals surface area contributed by atoms with E-state index in [-0.39, 0.29) is 5.97 Å². The smallest absolute Gasteiger partial charge is 0.338 e. The summed E-state index contributed by atoms with van der Waals surface area (Å²) in [6, 6.07) is 5.57. The lowest BCUT2D eigenvalue weighted by Gasteiger charge is -2.11. The molecule has 1 aromatic rings. The number of methoxy groups -OCH3 is 1. The molecule has 0 N–H and O–H groups in total. The Balaban J connectivity index is 3.09. The Hall–Kier alpha value is -0.540. The molecule has 0 radical (unpaired) electrons. The van der Waals surface area contributed by atoms with Gasteiger partial charge in [0.1, 0.15) is 0 Å². The third-order valence-corrected chi connectivity index (χ3v) is 3.23. The van der Waals surface area contributed by atoms with E-state index in [9.17, 15) is 4.79 Å². The van der Waals surface area contributed by atoms with E-state index < -0.39 is 0 Å². The van der Waals surface area contributed by atoms with Gasteiger partial charge in [-0.3, -0.25) is 0 Å². The van der Waals surface area contributed by atoms with Crippen LogP contribution in [0.3, 0.4) is 0 Å². The number of esters is 1. The number of hydrogen-bond donors (Lipinski definition) is 0. The molecule has 88 valence electrons. The van der Waals surface area contributed by atoms with Crippen LogP contribution in [0.2, 0.25) is 0 Å². The highest BCUT2D eigenvalue weighted by atomic mass is 79.9. The van der Waals surface area contributed by atoms with Gasteiger partial charge in [0.25, 0.3) is 0 Å². The van der Waals surface area contributed by atoms with E-state index in [2.05, 4.69) is 15.9 Å². The summed E-state index contributed by atoms with van der Waals surface area (Å²) in [5.41, 5.74) is 2.64. The lowest BCUT2D eigenvalue weighted by atomic mass is 9.98. The molecule has 0 atom stereocenters. The second kappa shape index (κ2) is 6.92. The Morgan fingerprint density at radius 1 is 1.50 bits per heavy atom. The SMILES string of the molecule is COC(=O)c1cccc(CCl)c1CCCBr.